The van der Waals surface area contributed by atoms with Gasteiger partial charge in [0.1, 0.15) is 0 Å². The van der Waals surface area contributed by atoms with Gasteiger partial charge in [-0.05, 0) is 12.8 Å². The molecule has 1 N–H and O–H groups in total. The van der Waals surface area contributed by atoms with Crippen LogP contribution >= 0.6 is 0 Å². The third-order valence-corrected chi connectivity index (χ3v) is 1.99. The van der Waals surface area contributed by atoms with E-state index in [0.717, 1.165) is 17.0 Å². The van der Waals surface area contributed by atoms with Crippen molar-refractivity contribution >= 4 is 5.65 Å². The molecule has 0 saturated carbocycles. The van der Waals surface area contributed by atoms with E-state index < -0.39 is 0 Å². The van der Waals surface area contributed by atoms with Crippen molar-refractivity contribution in [1.82, 2.24) is 14.6 Å². The van der Waals surface area contributed by atoms with E-state index in [4.69, 9.17) is 0 Å². The van der Waals surface area contributed by atoms with Crippen LogP contribution in [0.5, 0.6) is 0 Å². The van der Waals surface area contributed by atoms with E-state index in [1.54, 1.807) is 0 Å². The molecule has 0 aliphatic rings. The van der Waals surface area contributed by atoms with Crippen LogP contribution in [-0.2, 0) is 0 Å². The molecule has 3 heteroatoms. The summed E-state index contributed by atoms with van der Waals surface area (Å²) in [6.07, 6.45) is 2.05. The van der Waals surface area contributed by atoms with Crippen molar-refractivity contribution in [1.29, 1.82) is 0 Å². The molecule has 0 aliphatic carbocycles. The lowest BCUT2D eigenvalue weighted by Crippen LogP contribution is -1.86. The Balaban J connectivity index is 2.57. The highest BCUT2D eigenvalue weighted by molar-refractivity contribution is 5.40. The Morgan fingerprint density at radius 1 is 1.50 bits per heavy atom. The molecule has 0 atom stereocenters. The predicted octanol–water partition coefficient (Wildman–Crippen LogP) is 2.09. The monoisotopic (exact) mass is 163 g/mol. The van der Waals surface area contributed by atoms with Gasteiger partial charge >= 0.3 is 0 Å². The molecule has 0 saturated heterocycles. The van der Waals surface area contributed by atoms with Crippen LogP contribution in [0.2, 0.25) is 0 Å². The highest BCUT2D eigenvalue weighted by atomic mass is 15.3. The fourth-order valence-electron chi connectivity index (χ4n) is 1.30. The molecular formula is C9H13N3. The highest BCUT2D eigenvalue weighted by Crippen LogP contribution is 2.14. The summed E-state index contributed by atoms with van der Waals surface area (Å²) >= 11 is 0. The molecular weight excluding hydrogens is 150 g/mol. The summed E-state index contributed by atoms with van der Waals surface area (Å²) in [6.45, 7) is 6.33. The van der Waals surface area contributed by atoms with Crippen molar-refractivity contribution < 1.29 is 0 Å². The van der Waals surface area contributed by atoms with Crippen LogP contribution in [-0.4, -0.2) is 14.6 Å². The third kappa shape index (κ3) is 1.02. The Morgan fingerprint density at radius 2 is 2.25 bits per heavy atom. The van der Waals surface area contributed by atoms with Gasteiger partial charge < -0.3 is 0 Å². The maximum Gasteiger partial charge on any atom is 0.153 e. The van der Waals surface area contributed by atoms with Crippen LogP contribution < -0.4 is 0 Å². The zero-order valence-electron chi connectivity index (χ0n) is 7.63. The van der Waals surface area contributed by atoms with E-state index in [1.165, 1.54) is 0 Å². The van der Waals surface area contributed by atoms with E-state index in [2.05, 4.69) is 23.9 Å². The summed E-state index contributed by atoms with van der Waals surface area (Å²) in [4.78, 5) is 4.46. The molecule has 2 aromatic rings. The molecule has 2 aromatic heterocycles. The summed E-state index contributed by atoms with van der Waals surface area (Å²) in [5, 5.41) is 3.19. The number of hydrogen-bond donors (Lipinski definition) is 1. The van der Waals surface area contributed by atoms with E-state index in [9.17, 15) is 0 Å². The zero-order chi connectivity index (χ0) is 8.72. The first-order valence-electron chi connectivity index (χ1n) is 4.21. The fraction of sp³-hybridized carbons (Fsp3) is 0.444. The van der Waals surface area contributed by atoms with Gasteiger partial charge in [-0.25, -0.2) is 9.50 Å². The van der Waals surface area contributed by atoms with Crippen molar-refractivity contribution in [2.75, 3.05) is 0 Å². The van der Waals surface area contributed by atoms with Gasteiger partial charge in [0.2, 0.25) is 0 Å². The van der Waals surface area contributed by atoms with Gasteiger partial charge in [-0.15, -0.1) is 0 Å². The standard InChI is InChI=1S/C9H13N3/c1-6(2)8-5-12-9(10-8)4-7(3)11-12/h4-6,11H,1-3H3. The Kier molecular flexibility index (Phi) is 1.46. The molecule has 0 fully saturated rings. The Labute approximate surface area is 71.4 Å². The SMILES string of the molecule is Cc1cc2nc(C(C)C)cn2[nH]1. The van der Waals surface area contributed by atoms with Gasteiger partial charge in [-0.1, -0.05) is 13.8 Å². The number of imidazole rings is 1. The van der Waals surface area contributed by atoms with E-state index >= 15 is 0 Å². The molecule has 0 amide bonds. The second-order valence-electron chi connectivity index (χ2n) is 3.49. The maximum absolute atomic E-state index is 4.46. The number of hydrogen-bond acceptors (Lipinski definition) is 1. The number of fused-ring (bicyclic) bond motifs is 1. The second-order valence-corrected chi connectivity index (χ2v) is 3.49. The van der Waals surface area contributed by atoms with Crippen molar-refractivity contribution in [3.8, 4) is 0 Å². The maximum atomic E-state index is 4.46. The van der Waals surface area contributed by atoms with Crippen LogP contribution in [0.25, 0.3) is 5.65 Å². The van der Waals surface area contributed by atoms with Crippen LogP contribution in [0.3, 0.4) is 0 Å². The molecule has 12 heavy (non-hydrogen) atoms. The lowest BCUT2D eigenvalue weighted by molar-refractivity contribution is 0.827. The average Bonchev–Trinajstić information content (AvgIpc) is 2.42. The summed E-state index contributed by atoms with van der Waals surface area (Å²) in [5.74, 6) is 0.499. The normalized spacial score (nSPS) is 11.7. The molecule has 64 valence electrons. The molecule has 2 rings (SSSR count). The van der Waals surface area contributed by atoms with Gasteiger partial charge in [0.25, 0.3) is 0 Å². The lowest BCUT2D eigenvalue weighted by Gasteiger charge is -1.95. The summed E-state index contributed by atoms with van der Waals surface area (Å²) in [6, 6.07) is 2.05. The summed E-state index contributed by atoms with van der Waals surface area (Å²) in [7, 11) is 0. The van der Waals surface area contributed by atoms with E-state index in [-0.39, 0.29) is 0 Å². The predicted molar refractivity (Wildman–Crippen MR) is 48.4 cm³/mol. The van der Waals surface area contributed by atoms with E-state index in [1.807, 2.05) is 23.7 Å². The number of H-pyrrole nitrogens is 1. The van der Waals surface area contributed by atoms with Crippen molar-refractivity contribution in [3.05, 3.63) is 23.7 Å². The number of aromatic amines is 1. The van der Waals surface area contributed by atoms with Crippen molar-refractivity contribution in [3.63, 3.8) is 0 Å². The number of nitrogens with zero attached hydrogens (tertiary/aromatic N) is 2. The summed E-state index contributed by atoms with van der Waals surface area (Å²) < 4.78 is 1.96. The molecule has 0 radical (unpaired) electrons. The van der Waals surface area contributed by atoms with Crippen molar-refractivity contribution in [2.24, 2.45) is 0 Å². The first-order valence-corrected chi connectivity index (χ1v) is 4.21. The number of nitrogens with one attached hydrogen (secondary N) is 1. The van der Waals surface area contributed by atoms with Crippen LogP contribution in [0, 0.1) is 6.92 Å². The molecule has 0 bridgehead atoms. The van der Waals surface area contributed by atoms with Gasteiger partial charge in [0.15, 0.2) is 5.65 Å². The van der Waals surface area contributed by atoms with E-state index in [0.29, 0.717) is 5.92 Å². The molecule has 0 aromatic carbocycles. The molecule has 0 unspecified atom stereocenters. The molecule has 0 aliphatic heterocycles. The van der Waals surface area contributed by atoms with Crippen LogP contribution in [0.4, 0.5) is 0 Å². The Morgan fingerprint density at radius 3 is 2.83 bits per heavy atom. The molecule has 0 spiro atoms. The summed E-state index contributed by atoms with van der Waals surface area (Å²) in [5.41, 5.74) is 3.30. The largest absolute Gasteiger partial charge is 0.297 e. The highest BCUT2D eigenvalue weighted by Gasteiger charge is 2.05. The van der Waals surface area contributed by atoms with Crippen LogP contribution in [0.15, 0.2) is 12.3 Å². The number of aryl methyl sites for hydroxylation is 1. The third-order valence-electron chi connectivity index (χ3n) is 1.99. The minimum Gasteiger partial charge on any atom is -0.297 e. The minimum atomic E-state index is 0.499. The molecule has 3 nitrogen and oxygen atoms in total. The lowest BCUT2D eigenvalue weighted by atomic mass is 10.2. The van der Waals surface area contributed by atoms with Gasteiger partial charge in [0.05, 0.1) is 11.9 Å². The van der Waals surface area contributed by atoms with Gasteiger partial charge in [0, 0.05) is 11.8 Å². The quantitative estimate of drug-likeness (QED) is 0.686. The number of rotatable bonds is 1. The zero-order valence-corrected chi connectivity index (χ0v) is 7.63. The average molecular weight is 163 g/mol. The molecule has 2 heterocycles. The van der Waals surface area contributed by atoms with Crippen LogP contribution in [0.1, 0.15) is 31.2 Å². The Hall–Kier alpha value is -1.25. The topological polar surface area (TPSA) is 33.1 Å². The second kappa shape index (κ2) is 2.37. The number of aromatic nitrogens is 3. The fourth-order valence-corrected chi connectivity index (χ4v) is 1.30. The first kappa shape index (κ1) is 7.40. The van der Waals surface area contributed by atoms with Crippen molar-refractivity contribution in [2.45, 2.75) is 26.7 Å². The Bertz CT molecular complexity index is 363. The first-order chi connectivity index (χ1) is 5.66. The van der Waals surface area contributed by atoms with Gasteiger partial charge in [-0.3, -0.25) is 5.10 Å². The smallest absolute Gasteiger partial charge is 0.153 e. The van der Waals surface area contributed by atoms with Gasteiger partial charge in [-0.2, -0.15) is 0 Å². The minimum absolute atomic E-state index is 0.499.